The van der Waals surface area contributed by atoms with Crippen LogP contribution < -0.4 is 21.5 Å². The number of rotatable bonds is 7. The summed E-state index contributed by atoms with van der Waals surface area (Å²) in [6, 6.07) is 0. The lowest BCUT2D eigenvalue weighted by molar-refractivity contribution is -0.125. The van der Waals surface area contributed by atoms with Crippen molar-refractivity contribution >= 4 is 17.4 Å². The van der Waals surface area contributed by atoms with E-state index in [0.29, 0.717) is 6.61 Å². The highest BCUT2D eigenvalue weighted by Gasteiger charge is 2.13. The SMILES string of the molecule is CCCOc1ncnc(NCC(O)C(N)=O)c1N. The summed E-state index contributed by atoms with van der Waals surface area (Å²) in [6.07, 6.45) is 0.798. The molecule has 0 spiro atoms. The van der Waals surface area contributed by atoms with Gasteiger partial charge in [-0.15, -0.1) is 0 Å². The van der Waals surface area contributed by atoms with Crippen LogP contribution in [0, 0.1) is 0 Å². The zero-order valence-corrected chi connectivity index (χ0v) is 10.1. The zero-order chi connectivity index (χ0) is 13.5. The lowest BCUT2D eigenvalue weighted by atomic mass is 10.3. The highest BCUT2D eigenvalue weighted by Crippen LogP contribution is 2.24. The highest BCUT2D eigenvalue weighted by molar-refractivity contribution is 5.79. The van der Waals surface area contributed by atoms with Crippen LogP contribution in [0.15, 0.2) is 6.33 Å². The molecule has 1 rings (SSSR count). The van der Waals surface area contributed by atoms with Gasteiger partial charge in [0.1, 0.15) is 18.1 Å². The molecule has 1 aromatic heterocycles. The van der Waals surface area contributed by atoms with Crippen LogP contribution in [0.4, 0.5) is 11.5 Å². The molecule has 0 aliphatic rings. The Balaban J connectivity index is 2.68. The number of aliphatic hydroxyl groups is 1. The number of hydrogen-bond acceptors (Lipinski definition) is 7. The maximum Gasteiger partial charge on any atom is 0.248 e. The van der Waals surface area contributed by atoms with Crippen molar-refractivity contribution in [3.05, 3.63) is 6.33 Å². The van der Waals surface area contributed by atoms with E-state index in [9.17, 15) is 9.90 Å². The second-order valence-electron chi connectivity index (χ2n) is 3.59. The number of hydrogen-bond donors (Lipinski definition) is 4. The zero-order valence-electron chi connectivity index (χ0n) is 10.1. The van der Waals surface area contributed by atoms with Gasteiger partial charge >= 0.3 is 0 Å². The first kappa shape index (κ1) is 14.0. The Morgan fingerprint density at radius 1 is 1.61 bits per heavy atom. The van der Waals surface area contributed by atoms with Gasteiger partial charge in [0, 0.05) is 0 Å². The van der Waals surface area contributed by atoms with E-state index >= 15 is 0 Å². The van der Waals surface area contributed by atoms with E-state index in [0.717, 1.165) is 6.42 Å². The van der Waals surface area contributed by atoms with Crippen molar-refractivity contribution in [1.29, 1.82) is 0 Å². The largest absolute Gasteiger partial charge is 0.476 e. The molecule has 0 aromatic carbocycles. The van der Waals surface area contributed by atoms with Gasteiger partial charge < -0.3 is 26.6 Å². The summed E-state index contributed by atoms with van der Waals surface area (Å²) < 4.78 is 5.31. The van der Waals surface area contributed by atoms with E-state index in [1.807, 2.05) is 6.92 Å². The van der Waals surface area contributed by atoms with Crippen LogP contribution in [-0.4, -0.2) is 40.2 Å². The van der Waals surface area contributed by atoms with Crippen molar-refractivity contribution < 1.29 is 14.6 Å². The predicted octanol–water partition coefficient (Wildman–Crippen LogP) is -0.894. The Hall–Kier alpha value is -2.09. The van der Waals surface area contributed by atoms with Crippen LogP contribution in [0.25, 0.3) is 0 Å². The Bertz CT molecular complexity index is 412. The molecule has 1 heterocycles. The fourth-order valence-electron chi connectivity index (χ4n) is 1.13. The number of ether oxygens (including phenoxy) is 1. The van der Waals surface area contributed by atoms with E-state index in [-0.39, 0.29) is 23.9 Å². The number of carbonyl (C=O) groups excluding carboxylic acids is 1. The minimum absolute atomic E-state index is 0.0796. The summed E-state index contributed by atoms with van der Waals surface area (Å²) >= 11 is 0. The number of primary amides is 1. The lowest BCUT2D eigenvalue weighted by Crippen LogP contribution is -2.34. The first-order valence-corrected chi connectivity index (χ1v) is 5.50. The fraction of sp³-hybridized carbons (Fsp3) is 0.500. The molecule has 18 heavy (non-hydrogen) atoms. The minimum atomic E-state index is -1.31. The molecular formula is C10H17N5O3. The molecule has 0 bridgehead atoms. The van der Waals surface area contributed by atoms with Crippen LogP contribution in [0.3, 0.4) is 0 Å². The molecule has 0 saturated heterocycles. The quantitative estimate of drug-likeness (QED) is 0.495. The van der Waals surface area contributed by atoms with E-state index in [4.69, 9.17) is 16.2 Å². The maximum atomic E-state index is 10.7. The summed E-state index contributed by atoms with van der Waals surface area (Å²) in [5.74, 6) is -0.267. The van der Waals surface area contributed by atoms with Gasteiger partial charge in [-0.2, -0.15) is 4.98 Å². The van der Waals surface area contributed by atoms with Crippen molar-refractivity contribution in [3.63, 3.8) is 0 Å². The summed E-state index contributed by atoms with van der Waals surface area (Å²) in [7, 11) is 0. The van der Waals surface area contributed by atoms with Crippen molar-refractivity contribution in [2.24, 2.45) is 5.73 Å². The number of aliphatic hydroxyl groups excluding tert-OH is 1. The van der Waals surface area contributed by atoms with Gasteiger partial charge in [-0.1, -0.05) is 6.92 Å². The monoisotopic (exact) mass is 255 g/mol. The Kier molecular flexibility index (Phi) is 5.12. The smallest absolute Gasteiger partial charge is 0.248 e. The number of nitrogen functional groups attached to an aromatic ring is 1. The number of amides is 1. The summed E-state index contributed by atoms with van der Waals surface area (Å²) in [6.45, 7) is 2.37. The average Bonchev–Trinajstić information content (AvgIpc) is 2.35. The predicted molar refractivity (Wildman–Crippen MR) is 65.9 cm³/mol. The van der Waals surface area contributed by atoms with Gasteiger partial charge in [0.2, 0.25) is 11.8 Å². The van der Waals surface area contributed by atoms with E-state index in [1.54, 1.807) is 0 Å². The molecule has 1 atom stereocenters. The number of carbonyl (C=O) groups is 1. The van der Waals surface area contributed by atoms with Crippen LogP contribution in [0.2, 0.25) is 0 Å². The topological polar surface area (TPSA) is 136 Å². The lowest BCUT2D eigenvalue weighted by Gasteiger charge is -2.12. The molecule has 8 nitrogen and oxygen atoms in total. The third-order valence-corrected chi connectivity index (χ3v) is 2.08. The molecule has 6 N–H and O–H groups in total. The third-order valence-electron chi connectivity index (χ3n) is 2.08. The van der Waals surface area contributed by atoms with Crippen molar-refractivity contribution in [2.75, 3.05) is 24.2 Å². The van der Waals surface area contributed by atoms with Gasteiger partial charge in [0.25, 0.3) is 0 Å². The van der Waals surface area contributed by atoms with Crippen LogP contribution in [-0.2, 0) is 4.79 Å². The second-order valence-corrected chi connectivity index (χ2v) is 3.59. The van der Waals surface area contributed by atoms with Crippen molar-refractivity contribution in [2.45, 2.75) is 19.4 Å². The fourth-order valence-corrected chi connectivity index (χ4v) is 1.13. The standard InChI is InChI=1S/C10H17N5O3/c1-2-3-18-10-7(11)9(14-5-15-10)13-4-6(16)8(12)17/h5-6,16H,2-4,11H2,1H3,(H2,12,17)(H,13,14,15). The van der Waals surface area contributed by atoms with Gasteiger partial charge in [-0.05, 0) is 6.42 Å². The first-order valence-electron chi connectivity index (χ1n) is 5.50. The molecule has 0 fully saturated rings. The Morgan fingerprint density at radius 3 is 2.94 bits per heavy atom. The van der Waals surface area contributed by atoms with Crippen LogP contribution >= 0.6 is 0 Å². The molecule has 0 aliphatic heterocycles. The van der Waals surface area contributed by atoms with Gasteiger partial charge in [-0.25, -0.2) is 4.98 Å². The van der Waals surface area contributed by atoms with E-state index < -0.39 is 12.0 Å². The van der Waals surface area contributed by atoms with Gasteiger partial charge in [0.05, 0.1) is 13.2 Å². The number of nitrogens with one attached hydrogen (secondary N) is 1. The molecule has 100 valence electrons. The van der Waals surface area contributed by atoms with E-state index in [1.165, 1.54) is 6.33 Å². The molecule has 0 radical (unpaired) electrons. The molecular weight excluding hydrogens is 238 g/mol. The molecule has 1 amide bonds. The van der Waals surface area contributed by atoms with Crippen LogP contribution in [0.5, 0.6) is 5.88 Å². The molecule has 1 aromatic rings. The molecule has 8 heteroatoms. The normalized spacial score (nSPS) is 11.9. The van der Waals surface area contributed by atoms with Gasteiger partial charge in [-0.3, -0.25) is 4.79 Å². The molecule has 1 unspecified atom stereocenters. The summed E-state index contributed by atoms with van der Waals surface area (Å²) in [5, 5.41) is 11.9. The van der Waals surface area contributed by atoms with Crippen molar-refractivity contribution in [1.82, 2.24) is 9.97 Å². The number of nitrogens with zero attached hydrogens (tertiary/aromatic N) is 2. The van der Waals surface area contributed by atoms with E-state index in [2.05, 4.69) is 15.3 Å². The molecule has 0 aliphatic carbocycles. The second kappa shape index (κ2) is 6.60. The number of aromatic nitrogens is 2. The number of nitrogens with two attached hydrogens (primary N) is 2. The summed E-state index contributed by atoms with van der Waals surface area (Å²) in [4.78, 5) is 18.4. The Labute approximate surface area is 104 Å². The third kappa shape index (κ3) is 3.74. The molecule has 0 saturated carbocycles. The first-order chi connectivity index (χ1) is 8.56. The van der Waals surface area contributed by atoms with Crippen LogP contribution in [0.1, 0.15) is 13.3 Å². The Morgan fingerprint density at radius 2 is 2.33 bits per heavy atom. The minimum Gasteiger partial charge on any atom is -0.476 e. The maximum absolute atomic E-state index is 10.7. The highest BCUT2D eigenvalue weighted by atomic mass is 16.5. The van der Waals surface area contributed by atoms with Crippen molar-refractivity contribution in [3.8, 4) is 5.88 Å². The number of anilines is 2. The summed E-state index contributed by atoms with van der Waals surface area (Å²) in [5.41, 5.74) is 10.9. The van der Waals surface area contributed by atoms with Gasteiger partial charge in [0.15, 0.2) is 5.82 Å². The average molecular weight is 255 g/mol.